The fourth-order valence-electron chi connectivity index (χ4n) is 2.55. The molecule has 1 heterocycles. The summed E-state index contributed by atoms with van der Waals surface area (Å²) < 4.78 is 32.6. The van der Waals surface area contributed by atoms with E-state index in [0.717, 1.165) is 11.1 Å². The molecule has 1 aliphatic rings. The van der Waals surface area contributed by atoms with Crippen molar-refractivity contribution in [1.29, 1.82) is 0 Å². The molecule has 1 amide bonds. The van der Waals surface area contributed by atoms with Crippen LogP contribution in [0.4, 0.5) is 4.79 Å². The van der Waals surface area contributed by atoms with Crippen LogP contribution in [0.5, 0.6) is 0 Å². The molecule has 1 aromatic carbocycles. The van der Waals surface area contributed by atoms with Gasteiger partial charge in [0.1, 0.15) is 5.60 Å². The molecule has 0 saturated carbocycles. The van der Waals surface area contributed by atoms with E-state index < -0.39 is 21.7 Å². The van der Waals surface area contributed by atoms with Crippen LogP contribution in [0, 0.1) is 6.92 Å². The zero-order valence-corrected chi connectivity index (χ0v) is 15.5. The highest BCUT2D eigenvalue weighted by atomic mass is 32.2. The molecule has 7 heteroatoms. The molecule has 0 spiro atoms. The Labute approximate surface area is 144 Å². The first-order valence-corrected chi connectivity index (χ1v) is 9.73. The first-order chi connectivity index (χ1) is 11.0. The molecule has 0 radical (unpaired) electrons. The van der Waals surface area contributed by atoms with Crippen LogP contribution in [0.2, 0.25) is 0 Å². The third-order valence-electron chi connectivity index (χ3n) is 3.66. The minimum Gasteiger partial charge on any atom is -0.444 e. The summed E-state index contributed by atoms with van der Waals surface area (Å²) in [6.45, 7) is 8.21. The van der Waals surface area contributed by atoms with Crippen molar-refractivity contribution in [1.82, 2.24) is 9.62 Å². The largest absolute Gasteiger partial charge is 0.444 e. The van der Waals surface area contributed by atoms with Crippen LogP contribution in [0.15, 0.2) is 24.3 Å². The van der Waals surface area contributed by atoms with Crippen LogP contribution in [0.25, 0.3) is 0 Å². The molecule has 1 fully saturated rings. The van der Waals surface area contributed by atoms with E-state index in [1.807, 2.05) is 52.0 Å². The lowest BCUT2D eigenvalue weighted by Crippen LogP contribution is -2.40. The Balaban J connectivity index is 1.89. The number of sulfonamides is 1. The summed E-state index contributed by atoms with van der Waals surface area (Å²) in [5.41, 5.74) is 1.28. The number of carbonyl (C=O) groups excluding carboxylic acids is 1. The van der Waals surface area contributed by atoms with E-state index in [4.69, 9.17) is 4.74 Å². The summed E-state index contributed by atoms with van der Waals surface area (Å²) in [6.07, 6.45) is 0.189. The number of rotatable bonds is 4. The predicted octanol–water partition coefficient (Wildman–Crippen LogP) is 2.42. The Bertz CT molecular complexity index is 678. The van der Waals surface area contributed by atoms with Gasteiger partial charge >= 0.3 is 6.09 Å². The van der Waals surface area contributed by atoms with Gasteiger partial charge < -0.3 is 9.64 Å². The molecule has 0 aromatic heterocycles. The number of benzene rings is 1. The third kappa shape index (κ3) is 5.79. The van der Waals surface area contributed by atoms with Gasteiger partial charge in [0.15, 0.2) is 0 Å². The number of hydrogen-bond acceptors (Lipinski definition) is 4. The van der Waals surface area contributed by atoms with Crippen LogP contribution in [-0.4, -0.2) is 44.1 Å². The van der Waals surface area contributed by atoms with Gasteiger partial charge in [0.2, 0.25) is 10.0 Å². The monoisotopic (exact) mass is 354 g/mol. The lowest BCUT2D eigenvalue weighted by atomic mass is 10.2. The topological polar surface area (TPSA) is 75.7 Å². The number of nitrogens with one attached hydrogen (secondary N) is 1. The quantitative estimate of drug-likeness (QED) is 0.901. The molecule has 0 aliphatic carbocycles. The Kier molecular flexibility index (Phi) is 5.55. The van der Waals surface area contributed by atoms with E-state index >= 15 is 0 Å². The third-order valence-corrected chi connectivity index (χ3v) is 5.07. The van der Waals surface area contributed by atoms with Gasteiger partial charge in [-0.05, 0) is 39.7 Å². The van der Waals surface area contributed by atoms with Gasteiger partial charge in [-0.1, -0.05) is 29.8 Å². The second-order valence-electron chi connectivity index (χ2n) is 7.27. The molecule has 1 aromatic rings. The smallest absolute Gasteiger partial charge is 0.410 e. The van der Waals surface area contributed by atoms with Crippen molar-refractivity contribution < 1.29 is 17.9 Å². The molecular weight excluding hydrogens is 328 g/mol. The van der Waals surface area contributed by atoms with Crippen molar-refractivity contribution in [2.24, 2.45) is 0 Å². The second-order valence-corrected chi connectivity index (χ2v) is 9.03. The van der Waals surface area contributed by atoms with E-state index in [9.17, 15) is 13.2 Å². The SMILES string of the molecule is Cc1ccc(CS(=O)(=O)N[C@@H]2CCN(C(=O)OC(C)(C)C)C2)cc1. The average molecular weight is 354 g/mol. The van der Waals surface area contributed by atoms with Crippen LogP contribution >= 0.6 is 0 Å². The Morgan fingerprint density at radius 2 is 1.92 bits per heavy atom. The van der Waals surface area contributed by atoms with Gasteiger partial charge in [-0.25, -0.2) is 17.9 Å². The Hall–Kier alpha value is -1.60. The van der Waals surface area contributed by atoms with Crippen LogP contribution in [-0.2, 0) is 20.5 Å². The molecule has 134 valence electrons. The average Bonchev–Trinajstić information content (AvgIpc) is 2.87. The molecule has 1 saturated heterocycles. The van der Waals surface area contributed by atoms with E-state index in [2.05, 4.69) is 4.72 Å². The number of aryl methyl sites for hydroxylation is 1. The van der Waals surface area contributed by atoms with Crippen molar-refractivity contribution in [2.75, 3.05) is 13.1 Å². The van der Waals surface area contributed by atoms with Crippen molar-refractivity contribution in [3.8, 4) is 0 Å². The van der Waals surface area contributed by atoms with Crippen molar-refractivity contribution in [2.45, 2.75) is 51.5 Å². The lowest BCUT2D eigenvalue weighted by molar-refractivity contribution is 0.0292. The molecule has 0 unspecified atom stereocenters. The molecule has 1 atom stereocenters. The normalized spacial score (nSPS) is 18.7. The maximum Gasteiger partial charge on any atom is 0.410 e. The van der Waals surface area contributed by atoms with Gasteiger partial charge in [-0.15, -0.1) is 0 Å². The van der Waals surface area contributed by atoms with E-state index in [0.29, 0.717) is 19.5 Å². The van der Waals surface area contributed by atoms with Crippen molar-refractivity contribution in [3.63, 3.8) is 0 Å². The predicted molar refractivity (Wildman–Crippen MR) is 93.2 cm³/mol. The number of nitrogens with zero attached hydrogens (tertiary/aromatic N) is 1. The number of carbonyl (C=O) groups is 1. The first-order valence-electron chi connectivity index (χ1n) is 8.07. The summed E-state index contributed by atoms with van der Waals surface area (Å²) in [5, 5.41) is 0. The van der Waals surface area contributed by atoms with E-state index in [1.165, 1.54) is 0 Å². The van der Waals surface area contributed by atoms with E-state index in [-0.39, 0.29) is 11.8 Å². The van der Waals surface area contributed by atoms with Gasteiger partial charge in [0.25, 0.3) is 0 Å². The number of likely N-dealkylation sites (tertiary alicyclic amines) is 1. The molecule has 24 heavy (non-hydrogen) atoms. The zero-order valence-electron chi connectivity index (χ0n) is 14.7. The van der Waals surface area contributed by atoms with Crippen molar-refractivity contribution >= 4 is 16.1 Å². The van der Waals surface area contributed by atoms with Crippen LogP contribution < -0.4 is 4.72 Å². The lowest BCUT2D eigenvalue weighted by Gasteiger charge is -2.24. The molecule has 6 nitrogen and oxygen atoms in total. The molecule has 1 N–H and O–H groups in total. The zero-order chi connectivity index (χ0) is 18.0. The van der Waals surface area contributed by atoms with Gasteiger partial charge in [-0.3, -0.25) is 0 Å². The summed E-state index contributed by atoms with van der Waals surface area (Å²) in [4.78, 5) is 13.6. The molecular formula is C17H26N2O4S. The first kappa shape index (κ1) is 18.7. The summed E-state index contributed by atoms with van der Waals surface area (Å²) in [7, 11) is -3.44. The van der Waals surface area contributed by atoms with Crippen LogP contribution in [0.1, 0.15) is 38.3 Å². The Morgan fingerprint density at radius 1 is 1.29 bits per heavy atom. The van der Waals surface area contributed by atoms with Crippen molar-refractivity contribution in [3.05, 3.63) is 35.4 Å². The highest BCUT2D eigenvalue weighted by Gasteiger charge is 2.31. The Morgan fingerprint density at radius 3 is 2.50 bits per heavy atom. The fraction of sp³-hybridized carbons (Fsp3) is 0.588. The number of hydrogen-bond donors (Lipinski definition) is 1. The maximum atomic E-state index is 12.3. The van der Waals surface area contributed by atoms with E-state index in [1.54, 1.807) is 4.90 Å². The minimum absolute atomic E-state index is 0.0593. The van der Waals surface area contributed by atoms with Gasteiger partial charge in [-0.2, -0.15) is 0 Å². The molecule has 0 bridgehead atoms. The highest BCUT2D eigenvalue weighted by Crippen LogP contribution is 2.16. The summed E-state index contributed by atoms with van der Waals surface area (Å²) in [5.74, 6) is -0.0593. The second kappa shape index (κ2) is 7.11. The standard InChI is InChI=1S/C17H26N2O4S/c1-13-5-7-14(8-6-13)12-24(21,22)18-15-9-10-19(11-15)16(20)23-17(2,3)4/h5-8,15,18H,9-12H2,1-4H3/t15-/m1/s1. The molecule has 2 rings (SSSR count). The van der Waals surface area contributed by atoms with Crippen LogP contribution in [0.3, 0.4) is 0 Å². The number of ether oxygens (including phenoxy) is 1. The summed E-state index contributed by atoms with van der Waals surface area (Å²) in [6, 6.07) is 7.15. The highest BCUT2D eigenvalue weighted by molar-refractivity contribution is 7.88. The summed E-state index contributed by atoms with van der Waals surface area (Å²) >= 11 is 0. The maximum absolute atomic E-state index is 12.3. The fourth-order valence-corrected chi connectivity index (χ4v) is 3.96. The van der Waals surface area contributed by atoms with Gasteiger partial charge in [0.05, 0.1) is 5.75 Å². The number of amides is 1. The molecule has 1 aliphatic heterocycles. The minimum atomic E-state index is -3.44. The van der Waals surface area contributed by atoms with Gasteiger partial charge in [0, 0.05) is 19.1 Å².